The second-order valence-corrected chi connectivity index (χ2v) is 7.62. The van der Waals surface area contributed by atoms with Gasteiger partial charge in [0.25, 0.3) is 5.91 Å². The Balaban J connectivity index is 1.30. The molecule has 2 saturated heterocycles. The molecule has 4 heterocycles. The third-order valence-corrected chi connectivity index (χ3v) is 5.64. The molecule has 0 aromatic carbocycles. The average molecular weight is 412 g/mol. The molecule has 0 unspecified atom stereocenters. The fraction of sp³-hybridized carbons (Fsp3) is 0.550. The second-order valence-electron chi connectivity index (χ2n) is 7.62. The summed E-state index contributed by atoms with van der Waals surface area (Å²) in [6.07, 6.45) is 3.16. The van der Waals surface area contributed by atoms with Crippen LogP contribution in [0.4, 0.5) is 11.6 Å². The minimum Gasteiger partial charge on any atom is -0.395 e. The van der Waals surface area contributed by atoms with E-state index in [1.807, 2.05) is 24.0 Å². The number of anilines is 2. The van der Waals surface area contributed by atoms with Crippen LogP contribution in [-0.4, -0.2) is 106 Å². The highest BCUT2D eigenvalue weighted by Crippen LogP contribution is 2.18. The number of rotatable bonds is 5. The van der Waals surface area contributed by atoms with E-state index in [1.54, 1.807) is 6.20 Å². The molecule has 10 nitrogen and oxygen atoms in total. The minimum atomic E-state index is -0.0797. The number of nitrogens with zero attached hydrogens (tertiary/aromatic N) is 8. The Kier molecular flexibility index (Phi) is 6.34. The van der Waals surface area contributed by atoms with Gasteiger partial charge in [-0.1, -0.05) is 0 Å². The molecule has 160 valence electrons. The second kappa shape index (κ2) is 9.31. The Morgan fingerprint density at radius 2 is 1.50 bits per heavy atom. The summed E-state index contributed by atoms with van der Waals surface area (Å²) in [5.74, 6) is 1.64. The number of amides is 1. The van der Waals surface area contributed by atoms with Gasteiger partial charge in [-0.15, -0.1) is 10.2 Å². The number of carbonyl (C=O) groups is 1. The van der Waals surface area contributed by atoms with Gasteiger partial charge in [0.15, 0.2) is 11.6 Å². The molecule has 30 heavy (non-hydrogen) atoms. The standard InChI is InChI=1S/C20H28N8O2/c1-16-14-22-17(15-21-16)20(30)28-10-8-27(9-11-28)19-3-2-18(23-24-19)26-6-4-25(5-7-26)12-13-29/h2-3,14-15,29H,4-13H2,1H3. The largest absolute Gasteiger partial charge is 0.395 e. The third-order valence-electron chi connectivity index (χ3n) is 5.64. The molecule has 0 radical (unpaired) electrons. The Bertz CT molecular complexity index is 829. The van der Waals surface area contributed by atoms with Crippen LogP contribution >= 0.6 is 0 Å². The summed E-state index contributed by atoms with van der Waals surface area (Å²) < 4.78 is 0. The third kappa shape index (κ3) is 4.65. The van der Waals surface area contributed by atoms with Crippen molar-refractivity contribution in [2.75, 3.05) is 75.3 Å². The molecule has 2 aromatic rings. The molecule has 1 amide bonds. The molecule has 2 aliphatic heterocycles. The van der Waals surface area contributed by atoms with Gasteiger partial charge in [-0.3, -0.25) is 14.7 Å². The molecule has 0 spiro atoms. The molecule has 0 atom stereocenters. The van der Waals surface area contributed by atoms with Crippen LogP contribution in [-0.2, 0) is 0 Å². The number of hydrogen-bond acceptors (Lipinski definition) is 9. The number of piperazine rings is 2. The van der Waals surface area contributed by atoms with Crippen LogP contribution in [0.5, 0.6) is 0 Å². The van der Waals surface area contributed by atoms with E-state index in [9.17, 15) is 4.79 Å². The number of hydrogen-bond donors (Lipinski definition) is 1. The number of aliphatic hydroxyl groups is 1. The maximum atomic E-state index is 12.6. The van der Waals surface area contributed by atoms with Crippen LogP contribution in [0, 0.1) is 6.92 Å². The normalized spacial score (nSPS) is 18.0. The molecule has 1 N–H and O–H groups in total. The van der Waals surface area contributed by atoms with E-state index in [0.29, 0.717) is 31.9 Å². The van der Waals surface area contributed by atoms with Crippen molar-refractivity contribution in [3.05, 3.63) is 35.9 Å². The maximum absolute atomic E-state index is 12.6. The van der Waals surface area contributed by atoms with Gasteiger partial charge in [-0.2, -0.15) is 0 Å². The van der Waals surface area contributed by atoms with Crippen molar-refractivity contribution in [3.63, 3.8) is 0 Å². The molecule has 2 aliphatic rings. The van der Waals surface area contributed by atoms with Crippen LogP contribution in [0.3, 0.4) is 0 Å². The van der Waals surface area contributed by atoms with Crippen molar-refractivity contribution in [1.29, 1.82) is 0 Å². The van der Waals surface area contributed by atoms with Gasteiger partial charge in [0, 0.05) is 65.1 Å². The molecule has 0 saturated carbocycles. The lowest BCUT2D eigenvalue weighted by molar-refractivity contribution is 0.0740. The van der Waals surface area contributed by atoms with Gasteiger partial charge < -0.3 is 19.8 Å². The van der Waals surface area contributed by atoms with E-state index >= 15 is 0 Å². The predicted molar refractivity (Wildman–Crippen MR) is 113 cm³/mol. The van der Waals surface area contributed by atoms with Crippen molar-refractivity contribution in [2.45, 2.75) is 6.92 Å². The fourth-order valence-electron chi connectivity index (χ4n) is 3.80. The zero-order valence-electron chi connectivity index (χ0n) is 17.3. The van der Waals surface area contributed by atoms with Gasteiger partial charge in [-0.05, 0) is 19.1 Å². The summed E-state index contributed by atoms with van der Waals surface area (Å²) in [7, 11) is 0. The lowest BCUT2D eigenvalue weighted by atomic mass is 10.2. The van der Waals surface area contributed by atoms with Crippen LogP contribution < -0.4 is 9.80 Å². The number of aliphatic hydroxyl groups excluding tert-OH is 1. The molecule has 10 heteroatoms. The van der Waals surface area contributed by atoms with Gasteiger partial charge in [0.05, 0.1) is 18.5 Å². The summed E-state index contributed by atoms with van der Waals surface area (Å²) >= 11 is 0. The Labute approximate surface area is 176 Å². The van der Waals surface area contributed by atoms with Gasteiger partial charge in [0.2, 0.25) is 0 Å². The smallest absolute Gasteiger partial charge is 0.274 e. The highest BCUT2D eigenvalue weighted by atomic mass is 16.3. The predicted octanol–water partition coefficient (Wildman–Crippen LogP) is -0.348. The van der Waals surface area contributed by atoms with Crippen molar-refractivity contribution >= 4 is 17.5 Å². The highest BCUT2D eigenvalue weighted by Gasteiger charge is 2.24. The van der Waals surface area contributed by atoms with Gasteiger partial charge in [0.1, 0.15) is 5.69 Å². The number of carbonyl (C=O) groups excluding carboxylic acids is 1. The Hall–Kier alpha value is -2.85. The quantitative estimate of drug-likeness (QED) is 0.706. The van der Waals surface area contributed by atoms with Crippen LogP contribution in [0.15, 0.2) is 24.5 Å². The van der Waals surface area contributed by atoms with E-state index < -0.39 is 0 Å². The van der Waals surface area contributed by atoms with Crippen LogP contribution in [0.1, 0.15) is 16.2 Å². The van der Waals surface area contributed by atoms with Crippen LogP contribution in [0.25, 0.3) is 0 Å². The molecule has 0 aliphatic carbocycles. The van der Waals surface area contributed by atoms with Crippen molar-refractivity contribution in [3.8, 4) is 0 Å². The first kappa shape index (κ1) is 20.4. The van der Waals surface area contributed by atoms with E-state index in [4.69, 9.17) is 5.11 Å². The molecule has 2 fully saturated rings. The first-order valence-corrected chi connectivity index (χ1v) is 10.4. The summed E-state index contributed by atoms with van der Waals surface area (Å²) in [6, 6.07) is 4.02. The maximum Gasteiger partial charge on any atom is 0.274 e. The van der Waals surface area contributed by atoms with Crippen molar-refractivity contribution in [2.24, 2.45) is 0 Å². The average Bonchev–Trinajstić information content (AvgIpc) is 2.80. The first-order valence-electron chi connectivity index (χ1n) is 10.4. The number of aryl methyl sites for hydroxylation is 1. The van der Waals surface area contributed by atoms with Gasteiger partial charge in [-0.25, -0.2) is 4.98 Å². The zero-order chi connectivity index (χ0) is 20.9. The number of aromatic nitrogens is 4. The minimum absolute atomic E-state index is 0.0797. The lowest BCUT2D eigenvalue weighted by Gasteiger charge is -2.36. The molecule has 4 rings (SSSR count). The van der Waals surface area contributed by atoms with Gasteiger partial charge >= 0.3 is 0 Å². The molecule has 2 aromatic heterocycles. The summed E-state index contributed by atoms with van der Waals surface area (Å²) in [5, 5.41) is 17.9. The Morgan fingerprint density at radius 1 is 0.900 bits per heavy atom. The fourth-order valence-corrected chi connectivity index (χ4v) is 3.80. The zero-order valence-corrected chi connectivity index (χ0v) is 17.3. The highest BCUT2D eigenvalue weighted by molar-refractivity contribution is 5.92. The van der Waals surface area contributed by atoms with Crippen molar-refractivity contribution in [1.82, 2.24) is 30.0 Å². The molecule has 0 bridgehead atoms. The van der Waals surface area contributed by atoms with E-state index in [-0.39, 0.29) is 12.5 Å². The Morgan fingerprint density at radius 3 is 2.00 bits per heavy atom. The summed E-state index contributed by atoms with van der Waals surface area (Å²) in [6.45, 7) is 9.04. The lowest BCUT2D eigenvalue weighted by Crippen LogP contribution is -2.49. The van der Waals surface area contributed by atoms with E-state index in [2.05, 4.69) is 34.9 Å². The van der Waals surface area contributed by atoms with Crippen LogP contribution in [0.2, 0.25) is 0 Å². The number of β-amino-alcohol motifs (C(OH)–C–C–N with tert-alkyl or cyclic N) is 1. The SMILES string of the molecule is Cc1cnc(C(=O)N2CCN(c3ccc(N4CCN(CCO)CC4)nn3)CC2)cn1. The summed E-state index contributed by atoms with van der Waals surface area (Å²) in [5.41, 5.74) is 1.18. The first-order chi connectivity index (χ1) is 14.6. The summed E-state index contributed by atoms with van der Waals surface area (Å²) in [4.78, 5) is 29.4. The van der Waals surface area contributed by atoms with Crippen molar-refractivity contribution < 1.29 is 9.90 Å². The van der Waals surface area contributed by atoms with E-state index in [1.165, 1.54) is 6.20 Å². The molecular weight excluding hydrogens is 384 g/mol. The topological polar surface area (TPSA) is 102 Å². The monoisotopic (exact) mass is 412 g/mol. The van der Waals surface area contributed by atoms with E-state index in [0.717, 1.165) is 50.1 Å². The molecular formula is C20H28N8O2.